The molecule has 0 bridgehead atoms. The van der Waals surface area contributed by atoms with Crippen LogP contribution in [0.3, 0.4) is 0 Å². The molecule has 0 atom stereocenters. The largest absolute Gasteiger partial charge is 2.00 e. The third-order valence-corrected chi connectivity index (χ3v) is 0. The van der Waals surface area contributed by atoms with Gasteiger partial charge in [-0.25, -0.2) is 0 Å². The molecule has 0 unspecified atom stereocenters. The fraction of sp³-hybridized carbons (Fsp3) is 1.00. The minimum absolute atomic E-state index is 0. The molecule has 0 aliphatic rings. The molecule has 0 aromatic heterocycles. The van der Waals surface area contributed by atoms with Gasteiger partial charge in [-0.2, -0.15) is 0 Å². The van der Waals surface area contributed by atoms with E-state index in [1.807, 2.05) is 0 Å². The number of rotatable bonds is 0. The molecule has 10 heteroatoms. The molecule has 0 aliphatic heterocycles. The van der Waals surface area contributed by atoms with E-state index in [0.29, 0.717) is 0 Å². The van der Waals surface area contributed by atoms with Crippen molar-refractivity contribution in [3.05, 3.63) is 0 Å². The van der Waals surface area contributed by atoms with Crippen molar-refractivity contribution >= 4 is 54.6 Å². The van der Waals surface area contributed by atoms with E-state index in [0.717, 1.165) is 0 Å². The Kier molecular flexibility index (Phi) is 290. The van der Waals surface area contributed by atoms with Gasteiger partial charge in [0.25, 0.3) is 0 Å². The molecule has 0 rings (SSSR count). The van der Waals surface area contributed by atoms with Crippen molar-refractivity contribution in [3.8, 4) is 0 Å². The molecule has 0 heterocycles. The fourth-order valence-corrected chi connectivity index (χ4v) is 0. The standard InChI is InChI=1S/2CH5N.3BrH.3HI.2Pb/c2*1-2;;;;;;;;/h2*2H2,1H3;6*1H;;/q;;;;;;;;2*+2/p-4/i1D3;;;;;;;;;/hD3. The first kappa shape index (κ1) is 26.1. The summed E-state index contributed by atoms with van der Waals surface area (Å²) in [5.41, 5.74) is 1.02. The van der Waals surface area contributed by atoms with Crippen LogP contribution in [-0.4, -0.2) is 68.6 Å². The van der Waals surface area contributed by atoms with E-state index in [4.69, 9.17) is 8.35 Å². The summed E-state index contributed by atoms with van der Waals surface area (Å²) in [5.74, 6) is 0. The van der Waals surface area contributed by atoms with Crippen LogP contribution in [0.5, 0.6) is 0 Å². The van der Waals surface area contributed by atoms with Gasteiger partial charge in [0.15, 0.2) is 0 Å². The van der Waals surface area contributed by atoms with Crippen LogP contribution in [0.15, 0.2) is 0 Å². The van der Waals surface area contributed by atoms with Crippen molar-refractivity contribution in [1.29, 1.82) is 0 Å². The smallest absolute Gasteiger partial charge is 1.00 e. The molecule has 6 N–H and O–H groups in total. The van der Waals surface area contributed by atoms with Crippen LogP contribution in [0, 0.1) is 0 Å². The number of hydrogen-bond acceptors (Lipinski definition) is 0. The van der Waals surface area contributed by atoms with Gasteiger partial charge < -0.3 is 134 Å². The Labute approximate surface area is 207 Å². The second kappa shape index (κ2) is 134. The van der Waals surface area contributed by atoms with Crippen LogP contribution in [0.2, 0.25) is 4.24 Å². The third kappa shape index (κ3) is 110. The summed E-state index contributed by atoms with van der Waals surface area (Å²) in [5, 5.41) is 0. The van der Waals surface area contributed by atoms with E-state index in [1.54, 1.807) is 7.05 Å². The SMILES string of the molecule is C[NH3+].[2H]C([2H])([2H])[N+]([2H])([2H])[2H].[Br-].[Br-].[Br-].[I-].[I-].[I-].[Pb+2].[Pb+2]. The van der Waals surface area contributed by atoms with Gasteiger partial charge in [0.2, 0.25) is 0 Å². The Bertz CT molecular complexity index is 99.1. The predicted octanol–water partition coefficient (Wildman–Crippen LogP) is -21.0. The first-order chi connectivity index (χ1) is 4.25. The van der Waals surface area contributed by atoms with Gasteiger partial charge in [0.1, 0.15) is 0 Å². The minimum atomic E-state index is -2.88. The number of halogens is 6. The summed E-state index contributed by atoms with van der Waals surface area (Å²) in [7, 11) is 1.75. The van der Waals surface area contributed by atoms with E-state index in [1.165, 1.54) is 0 Å². The van der Waals surface area contributed by atoms with Gasteiger partial charge in [-0.3, -0.25) is 0 Å². The Morgan fingerprint density at radius 3 is 1.00 bits per heavy atom. The summed E-state index contributed by atoms with van der Waals surface area (Å²) in [6, 6.07) is 0. The van der Waals surface area contributed by atoms with Crippen LogP contribution in [-0.2, 0) is 0 Å². The number of hydrogen-bond donors (Lipinski definition) is 2. The van der Waals surface area contributed by atoms with Crippen molar-refractivity contribution in [3.63, 3.8) is 0 Å². The fourth-order valence-electron chi connectivity index (χ4n) is 0. The van der Waals surface area contributed by atoms with Crippen LogP contribution < -0.4 is 134 Å². The summed E-state index contributed by atoms with van der Waals surface area (Å²) in [4.78, 5) is 0. The number of quaternary nitrogens is 2. The molecular formula is C2H12Br3I3N2Pb2. The summed E-state index contributed by atoms with van der Waals surface area (Å²) < 4.78 is 37.9. The van der Waals surface area contributed by atoms with E-state index in [2.05, 4.69) is 5.73 Å². The second-order valence-corrected chi connectivity index (χ2v) is 0. The van der Waals surface area contributed by atoms with E-state index >= 15 is 0 Å². The van der Waals surface area contributed by atoms with Crippen LogP contribution in [0.4, 0.5) is 0 Å². The maximum absolute atomic E-state index is 6.33. The molecule has 12 heavy (non-hydrogen) atoms. The van der Waals surface area contributed by atoms with Crippen molar-refractivity contribution in [1.82, 2.24) is 0 Å². The van der Waals surface area contributed by atoms with Gasteiger partial charge in [-0.05, 0) is 0 Å². The Morgan fingerprint density at radius 1 is 0.917 bits per heavy atom. The maximum Gasteiger partial charge on any atom is 2.00 e. The summed E-state index contributed by atoms with van der Waals surface area (Å²) >= 11 is 0. The molecule has 0 aromatic rings. The molecule has 2 nitrogen and oxygen atoms in total. The van der Waals surface area contributed by atoms with Crippen LogP contribution in [0.1, 0.15) is 4.11 Å². The van der Waals surface area contributed by atoms with Crippen molar-refractivity contribution in [2.45, 2.75) is 0 Å². The van der Waals surface area contributed by atoms with Gasteiger partial charge >= 0.3 is 58.8 Å². The van der Waals surface area contributed by atoms with Crippen molar-refractivity contribution < 1.29 is 143 Å². The van der Waals surface area contributed by atoms with E-state index in [-0.39, 0.29) is 177 Å². The van der Waals surface area contributed by atoms with E-state index in [9.17, 15) is 0 Å². The van der Waals surface area contributed by atoms with E-state index < -0.39 is 12.7 Å². The van der Waals surface area contributed by atoms with Gasteiger partial charge in [0, 0.05) is 0 Å². The minimum Gasteiger partial charge on any atom is -1.00 e. The molecule has 0 aliphatic carbocycles. The van der Waals surface area contributed by atoms with Gasteiger partial charge in [-0.1, -0.05) is 0 Å². The first-order valence-corrected chi connectivity index (χ1v) is 0.931. The average molecular weight is 1100 g/mol. The van der Waals surface area contributed by atoms with Crippen LogP contribution in [0.25, 0.3) is 0 Å². The van der Waals surface area contributed by atoms with Crippen LogP contribution >= 0.6 is 0 Å². The third-order valence-electron chi connectivity index (χ3n) is 0. The quantitative estimate of drug-likeness (QED) is 0.179. The predicted molar refractivity (Wildman–Crippen MR) is 29.1 cm³/mol. The second-order valence-electron chi connectivity index (χ2n) is 0. The zero-order chi connectivity index (χ0) is 9.00. The Morgan fingerprint density at radius 2 is 1.00 bits per heavy atom. The summed E-state index contributed by atoms with van der Waals surface area (Å²) in [6.45, 7) is -2.88. The normalized spacial score (nSPS) is 10.5. The van der Waals surface area contributed by atoms with Crippen molar-refractivity contribution in [2.24, 2.45) is 0 Å². The molecule has 0 saturated carbocycles. The van der Waals surface area contributed by atoms with Gasteiger partial charge in [0.05, 0.1) is 18.1 Å². The van der Waals surface area contributed by atoms with Crippen molar-refractivity contribution in [2.75, 3.05) is 14.0 Å². The zero-order valence-electron chi connectivity index (χ0n) is 11.9. The van der Waals surface area contributed by atoms with Gasteiger partial charge in [-0.15, -0.1) is 0 Å². The molecular weight excluding hydrogens is 1090 g/mol. The first-order valence-electron chi connectivity index (χ1n) is 3.77. The Balaban J connectivity index is -0.00000000762. The average Bonchev–Trinajstić information content (AvgIpc) is 1.66. The summed E-state index contributed by atoms with van der Waals surface area (Å²) in [6.07, 6.45) is 0. The zero-order valence-corrected chi connectivity index (χ0v) is 24.9. The maximum atomic E-state index is 6.33. The molecule has 80 valence electrons. The molecule has 0 aromatic carbocycles. The molecule has 0 saturated heterocycles. The molecule has 0 spiro atoms. The molecule has 0 amide bonds. The Hall–Kier alpha value is 5.39. The molecule has 4 radical (unpaired) electrons. The monoisotopic (exact) mass is 1100 g/mol. The topological polar surface area (TPSA) is 55.3 Å². The molecule has 0 fully saturated rings.